The smallest absolute Gasteiger partial charge is 0.277 e. The van der Waals surface area contributed by atoms with Gasteiger partial charge in [0.05, 0.1) is 23.1 Å². The Morgan fingerprint density at radius 1 is 1.07 bits per heavy atom. The molecule has 156 valence electrons. The summed E-state index contributed by atoms with van der Waals surface area (Å²) in [6.07, 6.45) is -1.10. The van der Waals surface area contributed by atoms with Crippen LogP contribution in [0.1, 0.15) is 5.82 Å². The zero-order valence-corrected chi connectivity index (χ0v) is 16.5. The molecule has 0 saturated heterocycles. The van der Waals surface area contributed by atoms with Crippen LogP contribution in [0.4, 0.5) is 18.9 Å². The topological polar surface area (TPSA) is 94.7 Å². The lowest BCUT2D eigenvalue weighted by Gasteiger charge is -2.10. The second kappa shape index (κ2) is 6.83. The van der Waals surface area contributed by atoms with Crippen LogP contribution >= 0.6 is 0 Å². The van der Waals surface area contributed by atoms with E-state index >= 15 is 0 Å². The first-order valence-electron chi connectivity index (χ1n) is 8.59. The molecule has 0 amide bonds. The number of benzene rings is 1. The number of nitrogens with zero attached hydrogens (tertiary/aromatic N) is 5. The number of anilines is 1. The minimum absolute atomic E-state index is 0.0126. The maximum atomic E-state index is 12.9. The van der Waals surface area contributed by atoms with Crippen molar-refractivity contribution in [1.29, 1.82) is 0 Å². The molecule has 0 fully saturated rings. The van der Waals surface area contributed by atoms with Gasteiger partial charge in [-0.05, 0) is 25.1 Å². The predicted octanol–water partition coefficient (Wildman–Crippen LogP) is 3.42. The van der Waals surface area contributed by atoms with E-state index in [2.05, 4.69) is 19.8 Å². The molecule has 1 aromatic carbocycles. The number of imidazole rings is 1. The number of rotatable bonds is 4. The van der Waals surface area contributed by atoms with Gasteiger partial charge < -0.3 is 0 Å². The van der Waals surface area contributed by atoms with E-state index in [-0.39, 0.29) is 26.7 Å². The van der Waals surface area contributed by atoms with Crippen molar-refractivity contribution in [3.8, 4) is 11.4 Å². The summed E-state index contributed by atoms with van der Waals surface area (Å²) in [5.41, 5.74) is 1.06. The third-order valence-electron chi connectivity index (χ3n) is 4.47. The molecule has 0 aliphatic heterocycles. The SMILES string of the molecule is Cc1nc(-c2ccc(S(=O)(=O)Nc3cccc4cnn(C)c34)cn2)cn1C(F)(F)F. The minimum Gasteiger partial charge on any atom is -0.277 e. The summed E-state index contributed by atoms with van der Waals surface area (Å²) in [4.78, 5) is 7.69. The van der Waals surface area contributed by atoms with Crippen LogP contribution in [0.3, 0.4) is 0 Å². The number of fused-ring (bicyclic) bond motifs is 1. The van der Waals surface area contributed by atoms with E-state index in [1.165, 1.54) is 19.1 Å². The lowest BCUT2D eigenvalue weighted by molar-refractivity contribution is -0.205. The van der Waals surface area contributed by atoms with Gasteiger partial charge in [0, 0.05) is 24.8 Å². The van der Waals surface area contributed by atoms with Gasteiger partial charge in [-0.25, -0.2) is 18.0 Å². The van der Waals surface area contributed by atoms with Crippen molar-refractivity contribution in [1.82, 2.24) is 24.3 Å². The van der Waals surface area contributed by atoms with E-state index in [9.17, 15) is 21.6 Å². The number of alkyl halides is 3. The van der Waals surface area contributed by atoms with Crippen LogP contribution in [0.25, 0.3) is 22.3 Å². The zero-order valence-electron chi connectivity index (χ0n) is 15.7. The zero-order chi connectivity index (χ0) is 21.7. The summed E-state index contributed by atoms with van der Waals surface area (Å²) in [6.45, 7) is 1.22. The molecule has 3 aromatic heterocycles. The first-order chi connectivity index (χ1) is 14.1. The first-order valence-corrected chi connectivity index (χ1v) is 10.1. The van der Waals surface area contributed by atoms with Crippen molar-refractivity contribution in [3.63, 3.8) is 0 Å². The van der Waals surface area contributed by atoms with E-state index in [0.29, 0.717) is 11.2 Å². The Balaban J connectivity index is 1.64. The van der Waals surface area contributed by atoms with Gasteiger partial charge in [0.1, 0.15) is 16.4 Å². The molecule has 4 rings (SSSR count). The molecule has 0 bridgehead atoms. The number of hydrogen-bond acceptors (Lipinski definition) is 5. The molecule has 0 aliphatic carbocycles. The molecule has 0 unspecified atom stereocenters. The van der Waals surface area contributed by atoms with Crippen LogP contribution in [-0.4, -0.2) is 32.7 Å². The van der Waals surface area contributed by atoms with Gasteiger partial charge in [0.2, 0.25) is 0 Å². The number of halogens is 3. The molecule has 0 saturated carbocycles. The maximum Gasteiger partial charge on any atom is 0.489 e. The summed E-state index contributed by atoms with van der Waals surface area (Å²) in [6, 6.07) is 7.68. The number of para-hydroxylation sites is 1. The highest BCUT2D eigenvalue weighted by Crippen LogP contribution is 2.28. The number of aryl methyl sites for hydroxylation is 2. The van der Waals surface area contributed by atoms with Gasteiger partial charge in [-0.3, -0.25) is 14.4 Å². The predicted molar refractivity (Wildman–Crippen MR) is 103 cm³/mol. The molecular formula is C18H15F3N6O2S. The fourth-order valence-corrected chi connectivity index (χ4v) is 4.07. The number of pyridine rings is 1. The molecule has 0 spiro atoms. The summed E-state index contributed by atoms with van der Waals surface area (Å²) in [5, 5.41) is 4.88. The van der Waals surface area contributed by atoms with Gasteiger partial charge in [0.25, 0.3) is 10.0 Å². The van der Waals surface area contributed by atoms with Crippen molar-refractivity contribution in [2.24, 2.45) is 7.05 Å². The lowest BCUT2D eigenvalue weighted by atomic mass is 10.2. The Kier molecular flexibility index (Phi) is 4.53. The van der Waals surface area contributed by atoms with E-state index < -0.39 is 16.3 Å². The maximum absolute atomic E-state index is 12.9. The van der Waals surface area contributed by atoms with Gasteiger partial charge in [-0.15, -0.1) is 13.2 Å². The molecule has 8 nitrogen and oxygen atoms in total. The van der Waals surface area contributed by atoms with Crippen LogP contribution in [0.15, 0.2) is 53.8 Å². The van der Waals surface area contributed by atoms with Crippen LogP contribution in [0, 0.1) is 6.92 Å². The molecule has 4 aromatic rings. The third-order valence-corrected chi connectivity index (χ3v) is 5.82. The average Bonchev–Trinajstić information content (AvgIpc) is 3.25. The van der Waals surface area contributed by atoms with Gasteiger partial charge in [-0.2, -0.15) is 5.10 Å². The largest absolute Gasteiger partial charge is 0.489 e. The van der Waals surface area contributed by atoms with Crippen molar-refractivity contribution in [2.45, 2.75) is 18.1 Å². The summed E-state index contributed by atoms with van der Waals surface area (Å²) in [7, 11) is -2.29. The van der Waals surface area contributed by atoms with Crippen molar-refractivity contribution >= 4 is 26.6 Å². The molecule has 12 heteroatoms. The summed E-state index contributed by atoms with van der Waals surface area (Å²) < 4.78 is 68.4. The molecule has 0 radical (unpaired) electrons. The average molecular weight is 436 g/mol. The monoisotopic (exact) mass is 436 g/mol. The fourth-order valence-electron chi connectivity index (χ4n) is 3.06. The Morgan fingerprint density at radius 3 is 2.47 bits per heavy atom. The van der Waals surface area contributed by atoms with E-state index in [4.69, 9.17) is 0 Å². The highest BCUT2D eigenvalue weighted by Gasteiger charge is 2.33. The van der Waals surface area contributed by atoms with Gasteiger partial charge in [-0.1, -0.05) is 12.1 Å². The molecule has 0 aliphatic rings. The quantitative estimate of drug-likeness (QED) is 0.529. The fraction of sp³-hybridized carbons (Fsp3) is 0.167. The standard InChI is InChI=1S/C18H15F3N6O2S/c1-11-24-16(10-27(11)18(19,20)21)14-7-6-13(9-22-14)30(28,29)25-15-5-3-4-12-8-23-26(2)17(12)15/h3-10,25H,1-2H3. The van der Waals surface area contributed by atoms with Crippen molar-refractivity contribution < 1.29 is 21.6 Å². The molecular weight excluding hydrogens is 421 g/mol. The molecule has 1 N–H and O–H groups in total. The Morgan fingerprint density at radius 2 is 1.83 bits per heavy atom. The van der Waals surface area contributed by atoms with Crippen LogP contribution in [0.5, 0.6) is 0 Å². The summed E-state index contributed by atoms with van der Waals surface area (Å²) >= 11 is 0. The van der Waals surface area contributed by atoms with Crippen molar-refractivity contribution in [2.75, 3.05) is 4.72 Å². The van der Waals surface area contributed by atoms with Gasteiger partial charge >= 0.3 is 6.30 Å². The lowest BCUT2D eigenvalue weighted by Crippen LogP contribution is -2.16. The van der Waals surface area contributed by atoms with Crippen LogP contribution < -0.4 is 4.72 Å². The Labute approximate surface area is 169 Å². The normalized spacial score (nSPS) is 12.4. The second-order valence-corrected chi connectivity index (χ2v) is 8.19. The highest BCUT2D eigenvalue weighted by molar-refractivity contribution is 7.92. The van der Waals surface area contributed by atoms with Crippen LogP contribution in [0.2, 0.25) is 0 Å². The number of hydrogen-bond donors (Lipinski definition) is 1. The first kappa shape index (κ1) is 19.9. The number of nitrogens with one attached hydrogen (secondary N) is 1. The summed E-state index contributed by atoms with van der Waals surface area (Å²) in [5.74, 6) is -0.248. The number of sulfonamides is 1. The van der Waals surface area contributed by atoms with E-state index in [1.54, 1.807) is 36.1 Å². The van der Waals surface area contributed by atoms with Crippen LogP contribution in [-0.2, 0) is 23.4 Å². The molecule has 0 atom stereocenters. The molecule has 30 heavy (non-hydrogen) atoms. The highest BCUT2D eigenvalue weighted by atomic mass is 32.2. The Bertz CT molecular complexity index is 1340. The van der Waals surface area contributed by atoms with E-state index in [0.717, 1.165) is 17.8 Å². The molecule has 3 heterocycles. The third kappa shape index (κ3) is 3.49. The van der Waals surface area contributed by atoms with Crippen molar-refractivity contribution in [3.05, 3.63) is 54.7 Å². The minimum atomic E-state index is -4.60. The second-order valence-electron chi connectivity index (χ2n) is 6.51. The Hall–Kier alpha value is -3.41. The number of aromatic nitrogens is 5. The van der Waals surface area contributed by atoms with E-state index in [1.807, 2.05) is 0 Å². The van der Waals surface area contributed by atoms with Gasteiger partial charge in [0.15, 0.2) is 0 Å².